The molecule has 1 atom stereocenters. The molecule has 1 aromatic rings. The lowest BCUT2D eigenvalue weighted by atomic mass is 10.1. The molecule has 2 aliphatic rings. The van der Waals surface area contributed by atoms with Gasteiger partial charge in [0.15, 0.2) is 0 Å². The average Bonchev–Trinajstić information content (AvgIpc) is 3.29. The first kappa shape index (κ1) is 18.9. The van der Waals surface area contributed by atoms with Gasteiger partial charge in [-0.3, -0.25) is 19.2 Å². The van der Waals surface area contributed by atoms with E-state index in [1.165, 1.54) is 19.3 Å². The molecule has 1 aliphatic heterocycles. The maximum Gasteiger partial charge on any atom is 0.241 e. The minimum Gasteiger partial charge on any atom is -0.352 e. The van der Waals surface area contributed by atoms with Crippen molar-refractivity contribution in [3.63, 3.8) is 0 Å². The zero-order valence-corrected chi connectivity index (χ0v) is 15.7. The van der Waals surface area contributed by atoms with Gasteiger partial charge in [-0.15, -0.1) is 0 Å². The Labute approximate surface area is 155 Å². The van der Waals surface area contributed by atoms with Gasteiger partial charge in [-0.05, 0) is 45.2 Å². The maximum atomic E-state index is 12.6. The average molecular weight is 361 g/mol. The fourth-order valence-electron chi connectivity index (χ4n) is 4.07. The second-order valence-electron chi connectivity index (χ2n) is 7.49. The van der Waals surface area contributed by atoms with Crippen LogP contribution in [0.3, 0.4) is 0 Å². The SMILES string of the molecule is CC[C@@H](C(=O)Nc1cnn(CC(=O)NC2CCCC2)c1)N1CCCCC1. The Morgan fingerprint density at radius 2 is 1.92 bits per heavy atom. The van der Waals surface area contributed by atoms with E-state index in [9.17, 15) is 9.59 Å². The van der Waals surface area contributed by atoms with Crippen molar-refractivity contribution in [2.45, 2.75) is 76.9 Å². The third-order valence-electron chi connectivity index (χ3n) is 5.45. The highest BCUT2D eigenvalue weighted by molar-refractivity contribution is 5.94. The standard InChI is InChI=1S/C19H31N5O2/c1-2-17(23-10-6-3-7-11-23)19(26)22-16-12-20-24(13-16)14-18(25)21-15-8-4-5-9-15/h12-13,15,17H,2-11,14H2,1H3,(H,21,25)(H,22,26)/t17-/m0/s1. The Morgan fingerprint density at radius 3 is 2.62 bits per heavy atom. The molecule has 0 spiro atoms. The predicted molar refractivity (Wildman–Crippen MR) is 101 cm³/mol. The van der Waals surface area contributed by atoms with Gasteiger partial charge in [0, 0.05) is 12.2 Å². The van der Waals surface area contributed by atoms with Crippen LogP contribution in [0.15, 0.2) is 12.4 Å². The number of aromatic nitrogens is 2. The van der Waals surface area contributed by atoms with Crippen molar-refractivity contribution < 1.29 is 9.59 Å². The lowest BCUT2D eigenvalue weighted by Gasteiger charge is -2.32. The third-order valence-corrected chi connectivity index (χ3v) is 5.45. The van der Waals surface area contributed by atoms with Crippen LogP contribution in [0.25, 0.3) is 0 Å². The minimum atomic E-state index is -0.0932. The lowest BCUT2D eigenvalue weighted by Crippen LogP contribution is -2.46. The van der Waals surface area contributed by atoms with E-state index < -0.39 is 0 Å². The molecule has 2 N–H and O–H groups in total. The molecule has 1 aliphatic carbocycles. The molecule has 7 nitrogen and oxygen atoms in total. The van der Waals surface area contributed by atoms with Crippen molar-refractivity contribution >= 4 is 17.5 Å². The number of hydrogen-bond acceptors (Lipinski definition) is 4. The number of anilines is 1. The van der Waals surface area contributed by atoms with Crippen molar-refractivity contribution in [1.29, 1.82) is 0 Å². The maximum absolute atomic E-state index is 12.6. The molecule has 144 valence electrons. The summed E-state index contributed by atoms with van der Waals surface area (Å²) < 4.78 is 1.59. The van der Waals surface area contributed by atoms with Gasteiger partial charge in [0.05, 0.1) is 17.9 Å². The summed E-state index contributed by atoms with van der Waals surface area (Å²) >= 11 is 0. The zero-order chi connectivity index (χ0) is 18.4. The van der Waals surface area contributed by atoms with E-state index in [-0.39, 0.29) is 24.4 Å². The largest absolute Gasteiger partial charge is 0.352 e. The molecule has 1 saturated heterocycles. The van der Waals surface area contributed by atoms with Crippen molar-refractivity contribution in [2.75, 3.05) is 18.4 Å². The summed E-state index contributed by atoms with van der Waals surface area (Å²) in [6, 6.07) is 0.219. The molecule has 1 aromatic heterocycles. The number of rotatable bonds is 7. The van der Waals surface area contributed by atoms with Gasteiger partial charge in [-0.1, -0.05) is 26.2 Å². The van der Waals surface area contributed by atoms with E-state index in [4.69, 9.17) is 0 Å². The van der Waals surface area contributed by atoms with Gasteiger partial charge < -0.3 is 10.6 Å². The Balaban J connectivity index is 1.50. The molecule has 2 heterocycles. The van der Waals surface area contributed by atoms with Gasteiger partial charge in [-0.25, -0.2) is 0 Å². The normalized spacial score (nSPS) is 20.0. The molecule has 7 heteroatoms. The summed E-state index contributed by atoms with van der Waals surface area (Å²) in [6.07, 6.45) is 12.3. The van der Waals surface area contributed by atoms with Crippen LogP contribution < -0.4 is 10.6 Å². The smallest absolute Gasteiger partial charge is 0.241 e. The summed E-state index contributed by atoms with van der Waals surface area (Å²) in [5.41, 5.74) is 0.652. The molecule has 2 fully saturated rings. The minimum absolute atomic E-state index is 0.0161. The number of likely N-dealkylation sites (tertiary alicyclic amines) is 1. The van der Waals surface area contributed by atoms with Crippen LogP contribution in [0.2, 0.25) is 0 Å². The van der Waals surface area contributed by atoms with Crippen LogP contribution in [0, 0.1) is 0 Å². The van der Waals surface area contributed by atoms with Crippen LogP contribution in [-0.2, 0) is 16.1 Å². The number of amides is 2. The van der Waals surface area contributed by atoms with Crippen LogP contribution in [0.4, 0.5) is 5.69 Å². The van der Waals surface area contributed by atoms with Crippen LogP contribution in [0.1, 0.15) is 58.3 Å². The second kappa shape index (κ2) is 9.16. The van der Waals surface area contributed by atoms with E-state index >= 15 is 0 Å². The molecule has 26 heavy (non-hydrogen) atoms. The fourth-order valence-corrected chi connectivity index (χ4v) is 4.07. The van der Waals surface area contributed by atoms with Gasteiger partial charge in [0.2, 0.25) is 11.8 Å². The molecule has 1 saturated carbocycles. The second-order valence-corrected chi connectivity index (χ2v) is 7.49. The Kier molecular flexibility index (Phi) is 6.66. The predicted octanol–water partition coefficient (Wildman–Crippen LogP) is 2.14. The number of nitrogens with zero attached hydrogens (tertiary/aromatic N) is 3. The summed E-state index contributed by atoms with van der Waals surface area (Å²) in [5, 5.41) is 10.2. The molecule has 2 amide bonds. The van der Waals surface area contributed by atoms with E-state index in [0.717, 1.165) is 45.2 Å². The van der Waals surface area contributed by atoms with Crippen LogP contribution in [0.5, 0.6) is 0 Å². The number of hydrogen-bond donors (Lipinski definition) is 2. The number of nitrogens with one attached hydrogen (secondary N) is 2. The molecule has 3 rings (SSSR count). The molecule has 0 bridgehead atoms. The Morgan fingerprint density at radius 1 is 1.19 bits per heavy atom. The fraction of sp³-hybridized carbons (Fsp3) is 0.737. The Hall–Kier alpha value is -1.89. The van der Waals surface area contributed by atoms with E-state index in [2.05, 4.69) is 27.6 Å². The van der Waals surface area contributed by atoms with Gasteiger partial charge in [0.1, 0.15) is 6.54 Å². The quantitative estimate of drug-likeness (QED) is 0.780. The monoisotopic (exact) mass is 361 g/mol. The first-order valence-corrected chi connectivity index (χ1v) is 10.0. The van der Waals surface area contributed by atoms with E-state index in [0.29, 0.717) is 11.7 Å². The highest BCUT2D eigenvalue weighted by Gasteiger charge is 2.25. The molecular formula is C19H31N5O2. The number of piperidine rings is 1. The summed E-state index contributed by atoms with van der Waals surface area (Å²) in [7, 11) is 0. The summed E-state index contributed by atoms with van der Waals surface area (Å²) in [5.74, 6) is 0.00184. The van der Waals surface area contributed by atoms with Gasteiger partial charge in [0.25, 0.3) is 0 Å². The zero-order valence-electron chi connectivity index (χ0n) is 15.7. The van der Waals surface area contributed by atoms with E-state index in [1.807, 2.05) is 0 Å². The van der Waals surface area contributed by atoms with E-state index in [1.54, 1.807) is 17.1 Å². The van der Waals surface area contributed by atoms with Crippen molar-refractivity contribution in [3.05, 3.63) is 12.4 Å². The first-order chi connectivity index (χ1) is 12.7. The summed E-state index contributed by atoms with van der Waals surface area (Å²) in [6.45, 7) is 4.23. The Bertz CT molecular complexity index is 603. The molecular weight excluding hydrogens is 330 g/mol. The van der Waals surface area contributed by atoms with Crippen molar-refractivity contribution in [1.82, 2.24) is 20.0 Å². The summed E-state index contributed by atoms with van der Waals surface area (Å²) in [4.78, 5) is 27.0. The molecule has 0 aromatic carbocycles. The number of carbonyl (C=O) groups is 2. The van der Waals surface area contributed by atoms with Gasteiger partial charge in [-0.2, -0.15) is 5.10 Å². The molecule has 0 unspecified atom stereocenters. The van der Waals surface area contributed by atoms with Crippen LogP contribution in [-0.4, -0.2) is 51.7 Å². The van der Waals surface area contributed by atoms with Gasteiger partial charge >= 0.3 is 0 Å². The van der Waals surface area contributed by atoms with Crippen molar-refractivity contribution in [3.8, 4) is 0 Å². The lowest BCUT2D eigenvalue weighted by molar-refractivity contribution is -0.123. The van der Waals surface area contributed by atoms with Crippen LogP contribution >= 0.6 is 0 Å². The number of carbonyl (C=O) groups excluding carboxylic acids is 2. The highest BCUT2D eigenvalue weighted by Crippen LogP contribution is 2.18. The topological polar surface area (TPSA) is 79.3 Å². The first-order valence-electron chi connectivity index (χ1n) is 10.0. The van der Waals surface area contributed by atoms with Crippen molar-refractivity contribution in [2.24, 2.45) is 0 Å². The molecule has 0 radical (unpaired) electrons. The third kappa shape index (κ3) is 5.06. The highest BCUT2D eigenvalue weighted by atomic mass is 16.2.